The van der Waals surface area contributed by atoms with Crippen molar-refractivity contribution < 1.29 is 4.79 Å². The second-order valence-corrected chi connectivity index (χ2v) is 7.36. The van der Waals surface area contributed by atoms with Crippen molar-refractivity contribution in [3.8, 4) is 0 Å². The Labute approximate surface area is 164 Å². The lowest BCUT2D eigenvalue weighted by molar-refractivity contribution is 0.0827. The molecule has 0 atom stereocenters. The summed E-state index contributed by atoms with van der Waals surface area (Å²) in [6.07, 6.45) is 6.58. The van der Waals surface area contributed by atoms with Crippen molar-refractivity contribution in [3.63, 3.8) is 0 Å². The lowest BCUT2D eigenvalue weighted by Crippen LogP contribution is -2.38. The van der Waals surface area contributed by atoms with Gasteiger partial charge in [-0.1, -0.05) is 25.0 Å². The third-order valence-electron chi connectivity index (χ3n) is 4.93. The molecule has 1 aromatic rings. The van der Waals surface area contributed by atoms with Crippen molar-refractivity contribution >= 4 is 11.9 Å². The van der Waals surface area contributed by atoms with E-state index in [4.69, 9.17) is 0 Å². The molecule has 0 unspecified atom stereocenters. The van der Waals surface area contributed by atoms with Gasteiger partial charge in [0.2, 0.25) is 0 Å². The van der Waals surface area contributed by atoms with Crippen LogP contribution in [-0.2, 0) is 6.54 Å². The molecule has 1 aromatic carbocycles. The number of nitrogens with zero attached hydrogens (tertiary/aromatic N) is 3. The van der Waals surface area contributed by atoms with Crippen LogP contribution in [0.2, 0.25) is 0 Å². The van der Waals surface area contributed by atoms with Gasteiger partial charge in [-0.3, -0.25) is 9.79 Å². The van der Waals surface area contributed by atoms with Gasteiger partial charge < -0.3 is 20.4 Å². The number of hydrogen-bond acceptors (Lipinski definition) is 3. The van der Waals surface area contributed by atoms with Crippen LogP contribution in [-0.4, -0.2) is 69.0 Å². The van der Waals surface area contributed by atoms with E-state index < -0.39 is 0 Å². The molecule has 0 saturated carbocycles. The molecule has 27 heavy (non-hydrogen) atoms. The fourth-order valence-corrected chi connectivity index (χ4v) is 3.30. The fraction of sp³-hybridized carbons (Fsp3) is 0.619. The summed E-state index contributed by atoms with van der Waals surface area (Å²) in [5.74, 6) is 0.843. The average molecular weight is 374 g/mol. The van der Waals surface area contributed by atoms with Crippen molar-refractivity contribution in [2.75, 3.05) is 47.3 Å². The van der Waals surface area contributed by atoms with Crippen LogP contribution in [0.25, 0.3) is 0 Å². The monoisotopic (exact) mass is 373 g/mol. The van der Waals surface area contributed by atoms with Crippen molar-refractivity contribution in [2.24, 2.45) is 4.99 Å². The fourth-order valence-electron chi connectivity index (χ4n) is 3.30. The Morgan fingerprint density at radius 1 is 1.07 bits per heavy atom. The van der Waals surface area contributed by atoms with Gasteiger partial charge in [-0.25, -0.2) is 0 Å². The molecule has 1 aliphatic heterocycles. The van der Waals surface area contributed by atoms with E-state index in [-0.39, 0.29) is 5.91 Å². The summed E-state index contributed by atoms with van der Waals surface area (Å²) in [5.41, 5.74) is 1.83. The van der Waals surface area contributed by atoms with E-state index >= 15 is 0 Å². The van der Waals surface area contributed by atoms with Crippen molar-refractivity contribution in [1.82, 2.24) is 20.4 Å². The highest BCUT2D eigenvalue weighted by Gasteiger charge is 2.09. The van der Waals surface area contributed by atoms with Gasteiger partial charge in [0.1, 0.15) is 0 Å². The van der Waals surface area contributed by atoms with E-state index in [2.05, 4.69) is 20.5 Å². The van der Waals surface area contributed by atoms with Crippen LogP contribution in [0, 0.1) is 0 Å². The molecule has 1 saturated heterocycles. The normalized spacial score (nSPS) is 15.9. The van der Waals surface area contributed by atoms with Crippen LogP contribution in [0.1, 0.15) is 48.0 Å². The molecule has 2 N–H and O–H groups in total. The maximum atomic E-state index is 11.9. The highest BCUT2D eigenvalue weighted by atomic mass is 16.2. The molecule has 6 nitrogen and oxygen atoms in total. The maximum Gasteiger partial charge on any atom is 0.253 e. The molecule has 0 radical (unpaired) electrons. The van der Waals surface area contributed by atoms with E-state index in [0.717, 1.165) is 31.0 Å². The SMILES string of the molecule is CN=C(NCCCN1CCCCCC1)NCc1ccc(C(=O)N(C)C)cc1. The minimum Gasteiger partial charge on any atom is -0.356 e. The number of aliphatic imine (C=N–C) groups is 1. The second kappa shape index (κ2) is 11.6. The summed E-state index contributed by atoms with van der Waals surface area (Å²) >= 11 is 0. The van der Waals surface area contributed by atoms with Gasteiger partial charge in [0.25, 0.3) is 5.91 Å². The number of hydrogen-bond donors (Lipinski definition) is 2. The zero-order chi connectivity index (χ0) is 19.5. The number of carbonyl (C=O) groups is 1. The summed E-state index contributed by atoms with van der Waals surface area (Å²) in [5, 5.41) is 6.73. The summed E-state index contributed by atoms with van der Waals surface area (Å²) < 4.78 is 0. The maximum absolute atomic E-state index is 11.9. The summed E-state index contributed by atoms with van der Waals surface area (Å²) in [4.78, 5) is 20.4. The third kappa shape index (κ3) is 7.59. The number of nitrogens with one attached hydrogen (secondary N) is 2. The number of likely N-dealkylation sites (tertiary alicyclic amines) is 1. The van der Waals surface area contributed by atoms with Crippen LogP contribution >= 0.6 is 0 Å². The molecule has 6 heteroatoms. The Morgan fingerprint density at radius 3 is 2.33 bits per heavy atom. The molecule has 0 aromatic heterocycles. The summed E-state index contributed by atoms with van der Waals surface area (Å²) in [7, 11) is 5.32. The van der Waals surface area contributed by atoms with E-state index in [0.29, 0.717) is 12.1 Å². The van der Waals surface area contributed by atoms with Gasteiger partial charge in [0, 0.05) is 39.8 Å². The topological polar surface area (TPSA) is 60.0 Å². The first-order valence-electron chi connectivity index (χ1n) is 10.1. The Morgan fingerprint density at radius 2 is 1.74 bits per heavy atom. The van der Waals surface area contributed by atoms with Crippen molar-refractivity contribution in [3.05, 3.63) is 35.4 Å². The predicted octanol–water partition coefficient (Wildman–Crippen LogP) is 2.32. The molecule has 1 fully saturated rings. The second-order valence-electron chi connectivity index (χ2n) is 7.36. The highest BCUT2D eigenvalue weighted by molar-refractivity contribution is 5.93. The average Bonchev–Trinajstić information content (AvgIpc) is 2.96. The first kappa shape index (κ1) is 21.2. The quantitative estimate of drug-likeness (QED) is 0.437. The smallest absolute Gasteiger partial charge is 0.253 e. The molecular weight excluding hydrogens is 338 g/mol. The summed E-state index contributed by atoms with van der Waals surface area (Å²) in [6.45, 7) is 5.26. The van der Waals surface area contributed by atoms with Crippen LogP contribution in [0.5, 0.6) is 0 Å². The lowest BCUT2D eigenvalue weighted by atomic mass is 10.1. The van der Waals surface area contributed by atoms with Crippen molar-refractivity contribution in [2.45, 2.75) is 38.6 Å². The van der Waals surface area contributed by atoms with E-state index in [1.165, 1.54) is 38.8 Å². The zero-order valence-corrected chi connectivity index (χ0v) is 17.1. The summed E-state index contributed by atoms with van der Waals surface area (Å²) in [6, 6.07) is 7.71. The number of benzene rings is 1. The molecular formula is C21H35N5O. The van der Waals surface area contributed by atoms with E-state index in [1.807, 2.05) is 24.3 Å². The Hall–Kier alpha value is -2.08. The lowest BCUT2D eigenvalue weighted by Gasteiger charge is -2.20. The number of amides is 1. The number of rotatable bonds is 7. The van der Waals surface area contributed by atoms with E-state index in [9.17, 15) is 4.79 Å². The largest absolute Gasteiger partial charge is 0.356 e. The highest BCUT2D eigenvalue weighted by Crippen LogP contribution is 2.09. The van der Waals surface area contributed by atoms with Crippen LogP contribution in [0.15, 0.2) is 29.3 Å². The molecule has 2 rings (SSSR count). The molecule has 1 heterocycles. The van der Waals surface area contributed by atoms with E-state index in [1.54, 1.807) is 26.0 Å². The molecule has 0 bridgehead atoms. The van der Waals surface area contributed by atoms with Gasteiger partial charge >= 0.3 is 0 Å². The number of carbonyl (C=O) groups excluding carboxylic acids is 1. The van der Waals surface area contributed by atoms with Crippen molar-refractivity contribution in [1.29, 1.82) is 0 Å². The minimum atomic E-state index is 0.0244. The Bertz CT molecular complexity index is 589. The Balaban J connectivity index is 1.68. The van der Waals surface area contributed by atoms with Crippen LogP contribution in [0.4, 0.5) is 0 Å². The first-order chi connectivity index (χ1) is 13.1. The minimum absolute atomic E-state index is 0.0244. The number of guanidine groups is 1. The van der Waals surface area contributed by atoms with Gasteiger partial charge in [-0.15, -0.1) is 0 Å². The molecule has 1 aliphatic rings. The third-order valence-corrected chi connectivity index (χ3v) is 4.93. The molecule has 150 valence electrons. The standard InChI is InChI=1S/C21H35N5O/c1-22-21(23-13-8-16-26-14-6-4-5-7-15-26)24-17-18-9-11-19(12-10-18)20(27)25(2)3/h9-12H,4-8,13-17H2,1-3H3,(H2,22,23,24). The van der Waals surface area contributed by atoms with Crippen LogP contribution in [0.3, 0.4) is 0 Å². The van der Waals surface area contributed by atoms with Gasteiger partial charge in [-0.05, 0) is 56.6 Å². The van der Waals surface area contributed by atoms with Gasteiger partial charge in [0.15, 0.2) is 5.96 Å². The van der Waals surface area contributed by atoms with Gasteiger partial charge in [0.05, 0.1) is 0 Å². The Kier molecular flexibility index (Phi) is 9.11. The molecule has 1 amide bonds. The first-order valence-corrected chi connectivity index (χ1v) is 10.1. The predicted molar refractivity (Wildman–Crippen MR) is 112 cm³/mol. The van der Waals surface area contributed by atoms with Crippen LogP contribution < -0.4 is 10.6 Å². The zero-order valence-electron chi connectivity index (χ0n) is 17.1. The molecule has 0 aliphatic carbocycles. The molecule has 0 spiro atoms. The van der Waals surface area contributed by atoms with Gasteiger partial charge in [-0.2, -0.15) is 0 Å².